The third-order valence-corrected chi connectivity index (χ3v) is 5.49. The number of aliphatic hydroxyl groups is 1. The molecule has 9 heteroatoms. The zero-order valence-corrected chi connectivity index (χ0v) is 15.4. The minimum atomic E-state index is -1.58. The van der Waals surface area contributed by atoms with Gasteiger partial charge in [0, 0.05) is 18.7 Å². The van der Waals surface area contributed by atoms with Crippen LogP contribution in [0.25, 0.3) is 11.0 Å². The number of carbonyl (C=O) groups is 2. The number of amides is 1. The van der Waals surface area contributed by atoms with E-state index in [2.05, 4.69) is 15.4 Å². The van der Waals surface area contributed by atoms with Gasteiger partial charge >= 0.3 is 5.97 Å². The topological polar surface area (TPSA) is 119 Å². The predicted octanol–water partition coefficient (Wildman–Crippen LogP) is 1.62. The molecule has 8 nitrogen and oxygen atoms in total. The number of aliphatic carboxylic acids is 1. The van der Waals surface area contributed by atoms with Crippen LogP contribution in [0.1, 0.15) is 22.3 Å². The number of carbonyl (C=O) groups excluding carboxylic acids is 1. The molecule has 1 amide bonds. The van der Waals surface area contributed by atoms with Crippen LogP contribution in [0, 0.1) is 11.2 Å². The Hall–Kier alpha value is -3.33. The van der Waals surface area contributed by atoms with E-state index in [1.165, 1.54) is 29.2 Å². The Labute approximate surface area is 165 Å². The number of halogens is 1. The lowest BCUT2D eigenvalue weighted by molar-refractivity contribution is -0.161. The Morgan fingerprint density at radius 1 is 1.17 bits per heavy atom. The van der Waals surface area contributed by atoms with E-state index >= 15 is 0 Å². The van der Waals surface area contributed by atoms with Crippen LogP contribution in [0.3, 0.4) is 0 Å². The highest BCUT2D eigenvalue weighted by molar-refractivity contribution is 5.97. The smallest absolute Gasteiger partial charge is 0.314 e. The Balaban J connectivity index is 1.63. The highest BCUT2D eigenvalue weighted by atomic mass is 19.1. The number of carboxylic acids is 1. The van der Waals surface area contributed by atoms with Crippen LogP contribution < -0.4 is 0 Å². The number of H-pyrrole nitrogens is 1. The molecule has 1 aromatic heterocycles. The summed E-state index contributed by atoms with van der Waals surface area (Å²) in [5, 5.41) is 30.9. The second-order valence-corrected chi connectivity index (χ2v) is 7.32. The van der Waals surface area contributed by atoms with E-state index in [-0.39, 0.29) is 31.8 Å². The molecule has 1 fully saturated rings. The zero-order chi connectivity index (χ0) is 20.6. The summed E-state index contributed by atoms with van der Waals surface area (Å²) in [6, 6.07) is 10.3. The summed E-state index contributed by atoms with van der Waals surface area (Å²) in [6.07, 6.45) is -1.02. The van der Waals surface area contributed by atoms with Crippen molar-refractivity contribution in [1.29, 1.82) is 0 Å². The molecule has 0 unspecified atom stereocenters. The van der Waals surface area contributed by atoms with Gasteiger partial charge in [-0.25, -0.2) is 4.39 Å². The van der Waals surface area contributed by atoms with Crippen molar-refractivity contribution in [2.45, 2.75) is 18.9 Å². The first-order chi connectivity index (χ1) is 13.9. The molecule has 3 N–H and O–H groups in total. The summed E-state index contributed by atoms with van der Waals surface area (Å²) in [7, 11) is 0. The largest absolute Gasteiger partial charge is 0.481 e. The van der Waals surface area contributed by atoms with Gasteiger partial charge in [-0.1, -0.05) is 12.1 Å². The Kier molecular flexibility index (Phi) is 4.75. The SMILES string of the molecule is O=C(c1ccc2n[nH]nc2c1)N1CC[C@@H](O)[C@](Cc2ccc(F)cc2)(C(=O)O)C1. The van der Waals surface area contributed by atoms with E-state index < -0.39 is 23.3 Å². The molecule has 150 valence electrons. The lowest BCUT2D eigenvalue weighted by atomic mass is 9.72. The van der Waals surface area contributed by atoms with Gasteiger partial charge in [0.15, 0.2) is 0 Å². The van der Waals surface area contributed by atoms with Crippen molar-refractivity contribution in [3.05, 3.63) is 59.4 Å². The molecule has 1 aliphatic rings. The molecule has 0 radical (unpaired) electrons. The standard InChI is InChI=1S/C20H19FN4O4/c21-14-4-1-12(2-5-14)10-20(19(28)29)11-25(8-7-17(20)26)18(27)13-3-6-15-16(9-13)23-24-22-15/h1-6,9,17,26H,7-8,10-11H2,(H,28,29)(H,22,23,24)/t17-,20-/m1/s1. The number of aromatic amines is 1. The van der Waals surface area contributed by atoms with Crippen LogP contribution in [-0.4, -0.2) is 61.6 Å². The number of hydrogen-bond acceptors (Lipinski definition) is 5. The quantitative estimate of drug-likeness (QED) is 0.614. The van der Waals surface area contributed by atoms with Crippen LogP contribution in [0.15, 0.2) is 42.5 Å². The maximum absolute atomic E-state index is 13.2. The molecule has 4 rings (SSSR count). The minimum absolute atomic E-state index is 0.0180. The third-order valence-electron chi connectivity index (χ3n) is 5.49. The zero-order valence-electron chi connectivity index (χ0n) is 15.4. The third kappa shape index (κ3) is 3.44. The number of rotatable bonds is 4. The number of nitrogens with zero attached hydrogens (tertiary/aromatic N) is 3. The van der Waals surface area contributed by atoms with Crippen molar-refractivity contribution in [2.75, 3.05) is 13.1 Å². The molecule has 2 atom stereocenters. The fourth-order valence-electron chi connectivity index (χ4n) is 3.83. The number of aromatic nitrogens is 3. The number of likely N-dealkylation sites (tertiary alicyclic amines) is 1. The summed E-state index contributed by atoms with van der Waals surface area (Å²) in [6.45, 7) is 0.0753. The van der Waals surface area contributed by atoms with Gasteiger partial charge in [-0.3, -0.25) is 9.59 Å². The van der Waals surface area contributed by atoms with Crippen LogP contribution in [0.4, 0.5) is 4.39 Å². The van der Waals surface area contributed by atoms with Crippen LogP contribution >= 0.6 is 0 Å². The van der Waals surface area contributed by atoms with Crippen molar-refractivity contribution in [1.82, 2.24) is 20.3 Å². The summed E-state index contributed by atoms with van der Waals surface area (Å²) in [5.74, 6) is -1.97. The lowest BCUT2D eigenvalue weighted by Gasteiger charge is -2.43. The van der Waals surface area contributed by atoms with E-state index in [4.69, 9.17) is 0 Å². The maximum Gasteiger partial charge on any atom is 0.314 e. The molecule has 2 aromatic carbocycles. The molecule has 29 heavy (non-hydrogen) atoms. The first-order valence-electron chi connectivity index (χ1n) is 9.15. The average molecular weight is 398 g/mol. The highest BCUT2D eigenvalue weighted by Crippen LogP contribution is 2.35. The van der Waals surface area contributed by atoms with Gasteiger partial charge < -0.3 is 15.1 Å². The van der Waals surface area contributed by atoms with Crippen molar-refractivity contribution >= 4 is 22.9 Å². The lowest BCUT2D eigenvalue weighted by Crippen LogP contribution is -2.58. The molecular weight excluding hydrogens is 379 g/mol. The number of nitrogens with one attached hydrogen (secondary N) is 1. The van der Waals surface area contributed by atoms with Gasteiger partial charge in [0.05, 0.1) is 6.10 Å². The van der Waals surface area contributed by atoms with Gasteiger partial charge in [-0.05, 0) is 48.7 Å². The number of hydrogen-bond donors (Lipinski definition) is 3. The highest BCUT2D eigenvalue weighted by Gasteiger charge is 2.50. The summed E-state index contributed by atoms with van der Waals surface area (Å²) in [4.78, 5) is 26.7. The number of carboxylic acid groups (broad SMARTS) is 1. The second-order valence-electron chi connectivity index (χ2n) is 7.32. The van der Waals surface area contributed by atoms with E-state index in [1.807, 2.05) is 0 Å². The maximum atomic E-state index is 13.2. The number of piperidine rings is 1. The van der Waals surface area contributed by atoms with E-state index in [9.17, 15) is 24.2 Å². The minimum Gasteiger partial charge on any atom is -0.481 e. The van der Waals surface area contributed by atoms with Gasteiger partial charge in [-0.15, -0.1) is 0 Å². The average Bonchev–Trinajstić information content (AvgIpc) is 3.18. The first kappa shape index (κ1) is 19.0. The predicted molar refractivity (Wildman–Crippen MR) is 101 cm³/mol. The fraction of sp³-hybridized carbons (Fsp3) is 0.300. The Morgan fingerprint density at radius 2 is 1.90 bits per heavy atom. The Morgan fingerprint density at radius 3 is 2.62 bits per heavy atom. The Bertz CT molecular complexity index is 1070. The first-order valence-corrected chi connectivity index (χ1v) is 9.15. The monoisotopic (exact) mass is 398 g/mol. The fourth-order valence-corrected chi connectivity index (χ4v) is 3.83. The van der Waals surface area contributed by atoms with Gasteiger partial charge in [0.2, 0.25) is 0 Å². The van der Waals surface area contributed by atoms with Crippen molar-refractivity contribution in [2.24, 2.45) is 5.41 Å². The van der Waals surface area contributed by atoms with Crippen LogP contribution in [-0.2, 0) is 11.2 Å². The second kappa shape index (κ2) is 7.25. The molecule has 0 spiro atoms. The number of benzene rings is 2. The molecular formula is C20H19FN4O4. The summed E-state index contributed by atoms with van der Waals surface area (Å²) < 4.78 is 13.2. The molecule has 1 aliphatic heterocycles. The number of fused-ring (bicyclic) bond motifs is 1. The normalized spacial score (nSPS) is 22.0. The molecule has 3 aromatic rings. The molecule has 1 saturated heterocycles. The van der Waals surface area contributed by atoms with Crippen molar-refractivity contribution < 1.29 is 24.2 Å². The van der Waals surface area contributed by atoms with Crippen LogP contribution in [0.2, 0.25) is 0 Å². The van der Waals surface area contributed by atoms with Gasteiger partial charge in [0.25, 0.3) is 5.91 Å². The van der Waals surface area contributed by atoms with E-state index in [0.29, 0.717) is 22.2 Å². The summed E-state index contributed by atoms with van der Waals surface area (Å²) in [5.41, 5.74) is 0.509. The van der Waals surface area contributed by atoms with Crippen molar-refractivity contribution in [3.8, 4) is 0 Å². The molecule has 0 saturated carbocycles. The number of aliphatic hydroxyl groups excluding tert-OH is 1. The van der Waals surface area contributed by atoms with E-state index in [1.54, 1.807) is 18.2 Å². The molecule has 0 aliphatic carbocycles. The molecule has 2 heterocycles. The van der Waals surface area contributed by atoms with E-state index in [0.717, 1.165) is 0 Å². The molecule has 0 bridgehead atoms. The summed E-state index contributed by atoms with van der Waals surface area (Å²) >= 11 is 0. The van der Waals surface area contributed by atoms with Gasteiger partial charge in [-0.2, -0.15) is 15.4 Å². The van der Waals surface area contributed by atoms with Crippen molar-refractivity contribution in [3.63, 3.8) is 0 Å². The van der Waals surface area contributed by atoms with Gasteiger partial charge in [0.1, 0.15) is 22.3 Å². The van der Waals surface area contributed by atoms with Crippen LogP contribution in [0.5, 0.6) is 0 Å².